The maximum absolute atomic E-state index is 12.3. The molecule has 1 heterocycles. The van der Waals surface area contributed by atoms with E-state index in [0.717, 1.165) is 11.3 Å². The molecule has 136 valence electrons. The van der Waals surface area contributed by atoms with Crippen LogP contribution in [0.5, 0.6) is 5.75 Å². The Kier molecular flexibility index (Phi) is 6.11. The SMILES string of the molecule is COc1cccc(C2CC(C(=O)N/N=C/c3ccc(Cl)cc3Cl)NN2)c1. The summed E-state index contributed by atoms with van der Waals surface area (Å²) in [5.41, 5.74) is 10.4. The highest BCUT2D eigenvalue weighted by Crippen LogP contribution is 2.25. The Morgan fingerprint density at radius 3 is 2.88 bits per heavy atom. The van der Waals surface area contributed by atoms with Gasteiger partial charge in [-0.25, -0.2) is 16.3 Å². The lowest BCUT2D eigenvalue weighted by atomic mass is 10.0. The standard InChI is InChI=1S/C18H18Cl2N4O2/c1-26-14-4-2-3-11(7-14)16-9-17(23-22-16)18(25)24-21-10-12-5-6-13(19)8-15(12)20/h2-8,10,16-17,22-23H,9H2,1H3,(H,24,25)/b21-10+. The van der Waals surface area contributed by atoms with Gasteiger partial charge < -0.3 is 4.74 Å². The minimum atomic E-state index is -0.399. The van der Waals surface area contributed by atoms with Crippen molar-refractivity contribution in [1.82, 2.24) is 16.3 Å². The van der Waals surface area contributed by atoms with Crippen LogP contribution in [0.4, 0.5) is 0 Å². The fraction of sp³-hybridized carbons (Fsp3) is 0.222. The molecule has 2 atom stereocenters. The second-order valence-corrected chi connectivity index (χ2v) is 6.65. The topological polar surface area (TPSA) is 74.8 Å². The fourth-order valence-corrected chi connectivity index (χ4v) is 3.11. The van der Waals surface area contributed by atoms with Gasteiger partial charge in [0.2, 0.25) is 0 Å². The molecule has 0 saturated carbocycles. The summed E-state index contributed by atoms with van der Waals surface area (Å²) in [6, 6.07) is 12.4. The Labute approximate surface area is 161 Å². The first-order valence-electron chi connectivity index (χ1n) is 8.00. The number of nitrogens with one attached hydrogen (secondary N) is 3. The molecule has 0 radical (unpaired) electrons. The van der Waals surface area contributed by atoms with Gasteiger partial charge in [-0.15, -0.1) is 0 Å². The van der Waals surface area contributed by atoms with E-state index in [-0.39, 0.29) is 11.9 Å². The molecule has 1 saturated heterocycles. The summed E-state index contributed by atoms with van der Waals surface area (Å²) in [5, 5.41) is 4.97. The minimum Gasteiger partial charge on any atom is -0.497 e. The summed E-state index contributed by atoms with van der Waals surface area (Å²) in [7, 11) is 1.63. The van der Waals surface area contributed by atoms with E-state index in [4.69, 9.17) is 27.9 Å². The summed E-state index contributed by atoms with van der Waals surface area (Å²) >= 11 is 11.9. The van der Waals surface area contributed by atoms with Crippen LogP contribution in [-0.4, -0.2) is 25.3 Å². The molecular formula is C18H18Cl2N4O2. The van der Waals surface area contributed by atoms with Crippen molar-refractivity contribution in [3.63, 3.8) is 0 Å². The molecule has 2 unspecified atom stereocenters. The van der Waals surface area contributed by atoms with Crippen molar-refractivity contribution in [1.29, 1.82) is 0 Å². The maximum Gasteiger partial charge on any atom is 0.258 e. The van der Waals surface area contributed by atoms with Gasteiger partial charge in [0.15, 0.2) is 0 Å². The van der Waals surface area contributed by atoms with Crippen LogP contribution in [0.15, 0.2) is 47.6 Å². The number of ether oxygens (including phenoxy) is 1. The van der Waals surface area contributed by atoms with E-state index in [1.54, 1.807) is 25.3 Å². The molecule has 0 aromatic heterocycles. The fourth-order valence-electron chi connectivity index (χ4n) is 2.65. The van der Waals surface area contributed by atoms with Crippen LogP contribution in [-0.2, 0) is 4.79 Å². The van der Waals surface area contributed by atoms with Crippen molar-refractivity contribution in [2.45, 2.75) is 18.5 Å². The minimum absolute atomic E-state index is 0.00976. The van der Waals surface area contributed by atoms with Crippen LogP contribution in [0, 0.1) is 0 Å². The summed E-state index contributed by atoms with van der Waals surface area (Å²) in [6.45, 7) is 0. The highest BCUT2D eigenvalue weighted by Gasteiger charge is 2.30. The van der Waals surface area contributed by atoms with Crippen molar-refractivity contribution in [2.75, 3.05) is 7.11 Å². The van der Waals surface area contributed by atoms with Crippen molar-refractivity contribution in [3.8, 4) is 5.75 Å². The Bertz CT molecular complexity index is 829. The molecule has 0 bridgehead atoms. The number of carbonyl (C=O) groups is 1. The van der Waals surface area contributed by atoms with Crippen LogP contribution in [0.2, 0.25) is 10.0 Å². The van der Waals surface area contributed by atoms with Crippen molar-refractivity contribution < 1.29 is 9.53 Å². The van der Waals surface area contributed by atoms with E-state index in [1.807, 2.05) is 24.3 Å². The number of rotatable bonds is 5. The number of hydrazine groups is 1. The Morgan fingerprint density at radius 2 is 2.12 bits per heavy atom. The van der Waals surface area contributed by atoms with E-state index in [2.05, 4.69) is 21.4 Å². The van der Waals surface area contributed by atoms with Crippen LogP contribution >= 0.6 is 23.2 Å². The summed E-state index contributed by atoms with van der Waals surface area (Å²) in [6.07, 6.45) is 2.08. The highest BCUT2D eigenvalue weighted by atomic mass is 35.5. The molecule has 3 rings (SSSR count). The van der Waals surface area contributed by atoms with Gasteiger partial charge in [0.1, 0.15) is 11.8 Å². The summed E-state index contributed by atoms with van der Waals surface area (Å²) in [4.78, 5) is 12.3. The molecule has 0 spiro atoms. The lowest BCUT2D eigenvalue weighted by Crippen LogP contribution is -2.41. The number of hydrazone groups is 1. The highest BCUT2D eigenvalue weighted by molar-refractivity contribution is 6.36. The monoisotopic (exact) mass is 392 g/mol. The zero-order chi connectivity index (χ0) is 18.5. The number of hydrogen-bond donors (Lipinski definition) is 3. The number of methoxy groups -OCH3 is 1. The van der Waals surface area contributed by atoms with Gasteiger partial charge in [-0.3, -0.25) is 4.79 Å². The molecule has 26 heavy (non-hydrogen) atoms. The average molecular weight is 393 g/mol. The van der Waals surface area contributed by atoms with Gasteiger partial charge in [-0.1, -0.05) is 41.4 Å². The molecular weight excluding hydrogens is 375 g/mol. The van der Waals surface area contributed by atoms with E-state index < -0.39 is 6.04 Å². The number of hydrogen-bond acceptors (Lipinski definition) is 5. The lowest BCUT2D eigenvalue weighted by Gasteiger charge is -2.10. The van der Waals surface area contributed by atoms with Crippen LogP contribution in [0.25, 0.3) is 0 Å². The van der Waals surface area contributed by atoms with E-state index in [0.29, 0.717) is 22.0 Å². The van der Waals surface area contributed by atoms with E-state index >= 15 is 0 Å². The molecule has 1 aliphatic heterocycles. The third kappa shape index (κ3) is 4.53. The molecule has 1 amide bonds. The Balaban J connectivity index is 1.56. The average Bonchev–Trinajstić information content (AvgIpc) is 3.14. The van der Waals surface area contributed by atoms with Crippen LogP contribution in [0.1, 0.15) is 23.6 Å². The quantitative estimate of drug-likeness (QED) is 0.539. The van der Waals surface area contributed by atoms with Gasteiger partial charge in [-0.05, 0) is 36.2 Å². The van der Waals surface area contributed by atoms with E-state index in [1.165, 1.54) is 6.21 Å². The molecule has 6 nitrogen and oxygen atoms in total. The van der Waals surface area contributed by atoms with Crippen molar-refractivity contribution in [2.24, 2.45) is 5.10 Å². The second kappa shape index (κ2) is 8.51. The first-order valence-corrected chi connectivity index (χ1v) is 8.75. The van der Waals surface area contributed by atoms with E-state index in [9.17, 15) is 4.79 Å². The largest absolute Gasteiger partial charge is 0.497 e. The molecule has 2 aromatic rings. The molecule has 3 N–H and O–H groups in total. The van der Waals surface area contributed by atoms with Crippen LogP contribution < -0.4 is 21.0 Å². The number of carbonyl (C=O) groups excluding carboxylic acids is 1. The van der Waals surface area contributed by atoms with Gasteiger partial charge in [-0.2, -0.15) is 5.10 Å². The first kappa shape index (κ1) is 18.7. The number of nitrogens with zero attached hydrogens (tertiary/aromatic N) is 1. The van der Waals surface area contributed by atoms with Crippen molar-refractivity contribution in [3.05, 3.63) is 63.6 Å². The molecule has 1 aliphatic rings. The van der Waals surface area contributed by atoms with Gasteiger partial charge in [0.25, 0.3) is 5.91 Å². The Hall–Kier alpha value is -2.12. The van der Waals surface area contributed by atoms with Crippen LogP contribution in [0.3, 0.4) is 0 Å². The predicted octanol–water partition coefficient (Wildman–Crippen LogP) is 3.06. The van der Waals surface area contributed by atoms with Crippen molar-refractivity contribution >= 4 is 35.3 Å². The van der Waals surface area contributed by atoms with Gasteiger partial charge >= 0.3 is 0 Å². The summed E-state index contributed by atoms with van der Waals surface area (Å²) < 4.78 is 5.24. The summed E-state index contributed by atoms with van der Waals surface area (Å²) in [5.74, 6) is 0.547. The molecule has 2 aromatic carbocycles. The van der Waals surface area contributed by atoms with Gasteiger partial charge in [0.05, 0.1) is 18.3 Å². The second-order valence-electron chi connectivity index (χ2n) is 5.81. The number of amides is 1. The maximum atomic E-state index is 12.3. The van der Waals surface area contributed by atoms with Gasteiger partial charge in [0, 0.05) is 16.6 Å². The Morgan fingerprint density at radius 1 is 1.27 bits per heavy atom. The first-order chi connectivity index (χ1) is 12.6. The third-order valence-electron chi connectivity index (χ3n) is 4.06. The number of halogens is 2. The molecule has 1 fully saturated rings. The lowest BCUT2D eigenvalue weighted by molar-refractivity contribution is -0.122. The smallest absolute Gasteiger partial charge is 0.258 e. The zero-order valence-corrected chi connectivity index (χ0v) is 15.5. The third-order valence-corrected chi connectivity index (χ3v) is 4.62. The predicted molar refractivity (Wildman–Crippen MR) is 103 cm³/mol. The molecule has 0 aliphatic carbocycles. The zero-order valence-electron chi connectivity index (χ0n) is 14.0. The molecule has 8 heteroatoms. The normalized spacial score (nSPS) is 19.7. The number of benzene rings is 2.